The lowest BCUT2D eigenvalue weighted by Gasteiger charge is -2.37. The number of rotatable bonds is 4. The molecule has 0 bridgehead atoms. The van der Waals surface area contributed by atoms with Crippen LogP contribution in [0, 0.1) is 5.41 Å². The van der Waals surface area contributed by atoms with Crippen LogP contribution in [0.25, 0.3) is 0 Å². The van der Waals surface area contributed by atoms with Crippen molar-refractivity contribution in [1.29, 1.82) is 0 Å². The minimum atomic E-state index is 0.292. The average molecular weight is 223 g/mol. The maximum absolute atomic E-state index is 5.68. The van der Waals surface area contributed by atoms with Crippen LogP contribution in [0.4, 0.5) is 0 Å². The van der Waals surface area contributed by atoms with E-state index in [9.17, 15) is 0 Å². The molecule has 2 nitrogen and oxygen atoms in total. The molecule has 92 valence electrons. The van der Waals surface area contributed by atoms with Crippen LogP contribution in [0.2, 0.25) is 0 Å². The monoisotopic (exact) mass is 223 g/mol. The molecule has 2 fully saturated rings. The summed E-state index contributed by atoms with van der Waals surface area (Å²) in [5.74, 6) is 0. The molecule has 1 heterocycles. The highest BCUT2D eigenvalue weighted by Crippen LogP contribution is 2.61. The summed E-state index contributed by atoms with van der Waals surface area (Å²) in [6, 6.07) is 1.46. The lowest BCUT2D eigenvalue weighted by molar-refractivity contribution is 0.100. The van der Waals surface area contributed by atoms with E-state index in [-0.39, 0.29) is 0 Å². The van der Waals surface area contributed by atoms with Gasteiger partial charge in [-0.05, 0) is 40.5 Å². The molecule has 2 heteroatoms. The minimum Gasteiger partial charge on any atom is -0.377 e. The summed E-state index contributed by atoms with van der Waals surface area (Å²) < 4.78 is 5.68. The van der Waals surface area contributed by atoms with E-state index in [0.717, 1.165) is 12.6 Å². The van der Waals surface area contributed by atoms with Crippen molar-refractivity contribution in [3.8, 4) is 0 Å². The van der Waals surface area contributed by atoms with Crippen molar-refractivity contribution >= 4 is 0 Å². The van der Waals surface area contributed by atoms with E-state index in [1.807, 2.05) is 6.08 Å². The second-order valence-corrected chi connectivity index (χ2v) is 6.52. The summed E-state index contributed by atoms with van der Waals surface area (Å²) >= 11 is 0. The van der Waals surface area contributed by atoms with Gasteiger partial charge in [0, 0.05) is 23.0 Å². The molecule has 0 spiro atoms. The summed E-state index contributed by atoms with van der Waals surface area (Å²) in [6.07, 6.45) is 4.46. The zero-order valence-corrected chi connectivity index (χ0v) is 11.1. The Morgan fingerprint density at radius 1 is 1.44 bits per heavy atom. The Hall–Kier alpha value is -0.340. The van der Waals surface area contributed by atoms with Crippen LogP contribution in [0.1, 0.15) is 40.5 Å². The predicted octanol–water partition coefficient (Wildman–Crippen LogP) is 2.84. The van der Waals surface area contributed by atoms with Gasteiger partial charge >= 0.3 is 0 Å². The van der Waals surface area contributed by atoms with E-state index in [1.165, 1.54) is 12.8 Å². The van der Waals surface area contributed by atoms with Gasteiger partial charge in [0.15, 0.2) is 0 Å². The number of fused-ring (bicyclic) bond motifs is 1. The molecular formula is C14H25NO. The maximum atomic E-state index is 5.68. The van der Waals surface area contributed by atoms with E-state index >= 15 is 0 Å². The van der Waals surface area contributed by atoms with Crippen LogP contribution < -0.4 is 0 Å². The van der Waals surface area contributed by atoms with Crippen molar-refractivity contribution in [3.63, 3.8) is 0 Å². The fraction of sp³-hybridized carbons (Fsp3) is 0.857. The smallest absolute Gasteiger partial charge is 0.0645 e. The molecule has 0 aromatic carbocycles. The van der Waals surface area contributed by atoms with Gasteiger partial charge in [-0.15, -0.1) is 6.58 Å². The first-order chi connectivity index (χ1) is 7.41. The third-order valence-corrected chi connectivity index (χ3v) is 4.06. The zero-order chi connectivity index (χ0) is 12.0. The first-order valence-electron chi connectivity index (χ1n) is 6.38. The number of hydrogen-bond acceptors (Lipinski definition) is 2. The minimum absolute atomic E-state index is 0.292. The normalized spacial score (nSPS) is 38.5. The predicted molar refractivity (Wildman–Crippen MR) is 67.5 cm³/mol. The fourth-order valence-electron chi connectivity index (χ4n) is 3.62. The van der Waals surface area contributed by atoms with Gasteiger partial charge in [-0.2, -0.15) is 0 Å². The second kappa shape index (κ2) is 3.85. The van der Waals surface area contributed by atoms with Crippen LogP contribution in [0.5, 0.6) is 0 Å². The molecular weight excluding hydrogens is 198 g/mol. The van der Waals surface area contributed by atoms with Gasteiger partial charge in [0.25, 0.3) is 0 Å². The molecule has 1 aliphatic carbocycles. The van der Waals surface area contributed by atoms with Crippen molar-refractivity contribution in [2.45, 2.75) is 58.2 Å². The van der Waals surface area contributed by atoms with Crippen LogP contribution >= 0.6 is 0 Å². The van der Waals surface area contributed by atoms with Crippen LogP contribution in [-0.2, 0) is 4.74 Å². The molecule has 0 unspecified atom stereocenters. The molecule has 2 rings (SSSR count). The van der Waals surface area contributed by atoms with Crippen LogP contribution in [0.15, 0.2) is 12.7 Å². The molecule has 0 N–H and O–H groups in total. The molecule has 3 atom stereocenters. The Kier molecular flexibility index (Phi) is 2.92. The van der Waals surface area contributed by atoms with Crippen molar-refractivity contribution in [2.24, 2.45) is 5.41 Å². The van der Waals surface area contributed by atoms with E-state index < -0.39 is 0 Å². The first kappa shape index (κ1) is 12.1. The van der Waals surface area contributed by atoms with Crippen molar-refractivity contribution in [3.05, 3.63) is 12.7 Å². The molecule has 2 aliphatic rings. The first-order valence-corrected chi connectivity index (χ1v) is 6.38. The van der Waals surface area contributed by atoms with Crippen molar-refractivity contribution in [1.82, 2.24) is 4.90 Å². The quantitative estimate of drug-likeness (QED) is 0.537. The van der Waals surface area contributed by atoms with Gasteiger partial charge in [0.05, 0.1) is 13.2 Å². The third kappa shape index (κ3) is 1.93. The highest BCUT2D eigenvalue weighted by molar-refractivity contribution is 5.18. The van der Waals surface area contributed by atoms with Crippen LogP contribution in [-0.4, -0.2) is 35.7 Å². The van der Waals surface area contributed by atoms with Gasteiger partial charge in [-0.3, -0.25) is 4.90 Å². The molecule has 0 amide bonds. The SMILES string of the molecule is C=CCOC[C@]12C[C@@H](C)N(C(C)(C)C)[C@H]1C2. The molecule has 16 heavy (non-hydrogen) atoms. The Labute approximate surface area is 99.7 Å². The summed E-state index contributed by atoms with van der Waals surface area (Å²) in [7, 11) is 0. The highest BCUT2D eigenvalue weighted by Gasteiger charge is 2.65. The summed E-state index contributed by atoms with van der Waals surface area (Å²) in [5.41, 5.74) is 0.760. The van der Waals surface area contributed by atoms with Gasteiger partial charge in [-0.25, -0.2) is 0 Å². The second-order valence-electron chi connectivity index (χ2n) is 6.52. The number of likely N-dealkylation sites (tertiary alicyclic amines) is 1. The molecule has 0 aromatic rings. The van der Waals surface area contributed by atoms with Gasteiger partial charge in [0.2, 0.25) is 0 Å². The van der Waals surface area contributed by atoms with E-state index in [1.54, 1.807) is 0 Å². The summed E-state index contributed by atoms with van der Waals surface area (Å²) in [6.45, 7) is 14.6. The third-order valence-electron chi connectivity index (χ3n) is 4.06. The Bertz CT molecular complexity index is 281. The van der Waals surface area contributed by atoms with Crippen molar-refractivity contribution < 1.29 is 4.74 Å². The lowest BCUT2D eigenvalue weighted by atomic mass is 10.0. The van der Waals surface area contributed by atoms with Gasteiger partial charge in [0.1, 0.15) is 0 Å². The molecule has 0 radical (unpaired) electrons. The summed E-state index contributed by atoms with van der Waals surface area (Å²) in [5, 5.41) is 0. The van der Waals surface area contributed by atoms with Gasteiger partial charge in [-0.1, -0.05) is 6.08 Å². The Morgan fingerprint density at radius 3 is 2.62 bits per heavy atom. The van der Waals surface area contributed by atoms with Crippen LogP contribution in [0.3, 0.4) is 0 Å². The number of hydrogen-bond donors (Lipinski definition) is 0. The average Bonchev–Trinajstić information content (AvgIpc) is 2.70. The summed E-state index contributed by atoms with van der Waals surface area (Å²) in [4.78, 5) is 2.68. The highest BCUT2D eigenvalue weighted by atomic mass is 16.5. The molecule has 1 saturated heterocycles. The largest absolute Gasteiger partial charge is 0.377 e. The van der Waals surface area contributed by atoms with E-state index in [4.69, 9.17) is 4.74 Å². The number of ether oxygens (including phenoxy) is 1. The Balaban J connectivity index is 1.97. The lowest BCUT2D eigenvalue weighted by Crippen LogP contribution is -2.45. The van der Waals surface area contributed by atoms with E-state index in [2.05, 4.69) is 39.2 Å². The fourth-order valence-corrected chi connectivity index (χ4v) is 3.62. The van der Waals surface area contributed by atoms with Gasteiger partial charge < -0.3 is 4.74 Å². The maximum Gasteiger partial charge on any atom is 0.0645 e. The van der Waals surface area contributed by atoms with E-state index in [0.29, 0.717) is 23.6 Å². The molecule has 1 saturated carbocycles. The Morgan fingerprint density at radius 2 is 2.12 bits per heavy atom. The molecule has 0 aromatic heterocycles. The number of nitrogens with zero attached hydrogens (tertiary/aromatic N) is 1. The topological polar surface area (TPSA) is 12.5 Å². The van der Waals surface area contributed by atoms with Crippen molar-refractivity contribution in [2.75, 3.05) is 13.2 Å². The standard InChI is InChI=1S/C14H25NO/c1-6-7-16-10-14-8-11(2)15(12(14)9-14)13(3,4)5/h6,11-12H,1,7-10H2,2-5H3/t11-,12+,14-/m1/s1. The number of piperidine rings is 1. The zero-order valence-electron chi connectivity index (χ0n) is 11.1. The molecule has 1 aliphatic heterocycles.